The Bertz CT molecular complexity index is 240. The van der Waals surface area contributed by atoms with E-state index in [4.69, 9.17) is 0 Å². The Balaban J connectivity index is 2.10. The second-order valence-electron chi connectivity index (χ2n) is 5.23. The molecule has 86 valence electrons. The number of rotatable bonds is 3. The van der Waals surface area contributed by atoms with Crippen LogP contribution < -0.4 is 0 Å². The van der Waals surface area contributed by atoms with Gasteiger partial charge in [0.2, 0.25) is 0 Å². The predicted octanol–water partition coefficient (Wildman–Crippen LogP) is 3.82. The molecule has 0 spiro atoms. The largest absolute Gasteiger partial charge is 0.385 e. The molecule has 0 aromatic rings. The van der Waals surface area contributed by atoms with E-state index in [-0.39, 0.29) is 0 Å². The van der Waals surface area contributed by atoms with Crippen LogP contribution in [0.2, 0.25) is 0 Å². The number of hydrogen-bond donors (Lipinski definition) is 1. The monoisotopic (exact) mass is 208 g/mol. The minimum absolute atomic E-state index is 0.433. The number of allylic oxidation sites excluding steroid dienone is 1. The van der Waals surface area contributed by atoms with Gasteiger partial charge in [-0.25, -0.2) is 0 Å². The molecular formula is C14H24O. The molecule has 1 heteroatoms. The Hall–Kier alpha value is -0.300. The van der Waals surface area contributed by atoms with Gasteiger partial charge in [0.15, 0.2) is 0 Å². The fraction of sp³-hybridized carbons (Fsp3) is 0.857. The number of hydrogen-bond acceptors (Lipinski definition) is 1. The zero-order valence-electron chi connectivity index (χ0n) is 9.97. The topological polar surface area (TPSA) is 20.2 Å². The molecule has 0 bridgehead atoms. The van der Waals surface area contributed by atoms with Crippen LogP contribution in [0.4, 0.5) is 0 Å². The quantitative estimate of drug-likeness (QED) is 0.699. The fourth-order valence-corrected chi connectivity index (χ4v) is 2.92. The second kappa shape index (κ2) is 4.69. The summed E-state index contributed by atoms with van der Waals surface area (Å²) < 4.78 is 0. The Morgan fingerprint density at radius 3 is 2.67 bits per heavy atom. The highest BCUT2D eigenvalue weighted by Gasteiger charge is 2.44. The van der Waals surface area contributed by atoms with Crippen LogP contribution in [0.25, 0.3) is 0 Å². The molecule has 1 N–H and O–H groups in total. The summed E-state index contributed by atoms with van der Waals surface area (Å²) in [6.45, 7) is 2.14. The summed E-state index contributed by atoms with van der Waals surface area (Å²) in [5.41, 5.74) is 0.935. The van der Waals surface area contributed by atoms with Gasteiger partial charge in [0, 0.05) is 0 Å². The minimum atomic E-state index is -0.433. The molecule has 15 heavy (non-hydrogen) atoms. The second-order valence-corrected chi connectivity index (χ2v) is 5.23. The van der Waals surface area contributed by atoms with Crippen LogP contribution in [0.1, 0.15) is 64.7 Å². The molecule has 1 fully saturated rings. The summed E-state index contributed by atoms with van der Waals surface area (Å²) in [7, 11) is 0. The van der Waals surface area contributed by atoms with E-state index >= 15 is 0 Å². The smallest absolute Gasteiger partial charge is 0.0882 e. The Morgan fingerprint density at radius 2 is 2.00 bits per heavy atom. The summed E-state index contributed by atoms with van der Waals surface area (Å²) in [6.07, 6.45) is 13.4. The van der Waals surface area contributed by atoms with Crippen molar-refractivity contribution in [1.29, 1.82) is 0 Å². The van der Waals surface area contributed by atoms with E-state index in [1.807, 2.05) is 0 Å². The molecule has 1 atom stereocenters. The van der Waals surface area contributed by atoms with Crippen LogP contribution in [0.5, 0.6) is 0 Å². The zero-order chi connectivity index (χ0) is 10.7. The molecule has 0 aliphatic heterocycles. The van der Waals surface area contributed by atoms with Crippen molar-refractivity contribution in [2.24, 2.45) is 5.92 Å². The molecule has 1 unspecified atom stereocenters. The van der Waals surface area contributed by atoms with E-state index in [0.29, 0.717) is 5.92 Å². The first kappa shape index (κ1) is 11.2. The maximum Gasteiger partial charge on any atom is 0.0882 e. The number of aliphatic hydroxyl groups is 1. The first-order valence-electron chi connectivity index (χ1n) is 6.69. The highest BCUT2D eigenvalue weighted by molar-refractivity contribution is 5.21. The first-order chi connectivity index (χ1) is 7.27. The molecule has 0 saturated heterocycles. The molecule has 2 aliphatic carbocycles. The SMILES string of the molecule is CCC(O)(C1=CCCCCCC1)C1CC1. The van der Waals surface area contributed by atoms with Crippen molar-refractivity contribution in [2.45, 2.75) is 70.3 Å². The van der Waals surface area contributed by atoms with E-state index in [1.165, 1.54) is 50.5 Å². The maximum absolute atomic E-state index is 10.7. The van der Waals surface area contributed by atoms with E-state index in [0.717, 1.165) is 12.8 Å². The molecule has 2 aliphatic rings. The Kier molecular flexibility index (Phi) is 3.50. The van der Waals surface area contributed by atoms with Gasteiger partial charge in [0.05, 0.1) is 5.60 Å². The summed E-state index contributed by atoms with van der Waals surface area (Å²) >= 11 is 0. The van der Waals surface area contributed by atoms with E-state index in [9.17, 15) is 5.11 Å². The van der Waals surface area contributed by atoms with Crippen molar-refractivity contribution in [3.05, 3.63) is 11.6 Å². The van der Waals surface area contributed by atoms with Crippen LogP contribution in [-0.2, 0) is 0 Å². The molecular weight excluding hydrogens is 184 g/mol. The average molecular weight is 208 g/mol. The molecule has 0 amide bonds. The lowest BCUT2D eigenvalue weighted by molar-refractivity contribution is 0.0466. The fourth-order valence-electron chi connectivity index (χ4n) is 2.92. The zero-order valence-corrected chi connectivity index (χ0v) is 9.97. The molecule has 0 aromatic carbocycles. The highest BCUT2D eigenvalue weighted by atomic mass is 16.3. The molecule has 1 saturated carbocycles. The lowest BCUT2D eigenvalue weighted by Gasteiger charge is -2.31. The van der Waals surface area contributed by atoms with Crippen molar-refractivity contribution in [2.75, 3.05) is 0 Å². The minimum Gasteiger partial charge on any atom is -0.385 e. The van der Waals surface area contributed by atoms with E-state index in [2.05, 4.69) is 13.0 Å². The van der Waals surface area contributed by atoms with Gasteiger partial charge in [0.25, 0.3) is 0 Å². The van der Waals surface area contributed by atoms with Gasteiger partial charge >= 0.3 is 0 Å². The van der Waals surface area contributed by atoms with E-state index in [1.54, 1.807) is 0 Å². The van der Waals surface area contributed by atoms with Crippen molar-refractivity contribution in [3.63, 3.8) is 0 Å². The maximum atomic E-state index is 10.7. The molecule has 0 heterocycles. The third kappa shape index (κ3) is 2.44. The summed E-state index contributed by atoms with van der Waals surface area (Å²) in [5, 5.41) is 10.7. The van der Waals surface area contributed by atoms with Gasteiger partial charge in [-0.3, -0.25) is 0 Å². The van der Waals surface area contributed by atoms with Gasteiger partial charge in [-0.2, -0.15) is 0 Å². The summed E-state index contributed by atoms with van der Waals surface area (Å²) in [6, 6.07) is 0. The normalized spacial score (nSPS) is 27.5. The van der Waals surface area contributed by atoms with Crippen molar-refractivity contribution < 1.29 is 5.11 Å². The predicted molar refractivity (Wildman–Crippen MR) is 63.7 cm³/mol. The van der Waals surface area contributed by atoms with Crippen LogP contribution in [0.3, 0.4) is 0 Å². The van der Waals surface area contributed by atoms with Crippen LogP contribution in [0.15, 0.2) is 11.6 Å². The summed E-state index contributed by atoms with van der Waals surface area (Å²) in [4.78, 5) is 0. The van der Waals surface area contributed by atoms with E-state index < -0.39 is 5.60 Å². The van der Waals surface area contributed by atoms with Crippen molar-refractivity contribution in [1.82, 2.24) is 0 Å². The van der Waals surface area contributed by atoms with Crippen molar-refractivity contribution in [3.8, 4) is 0 Å². The lowest BCUT2D eigenvalue weighted by Crippen LogP contribution is -2.33. The van der Waals surface area contributed by atoms with Gasteiger partial charge in [-0.05, 0) is 56.4 Å². The standard InChI is InChI=1S/C14H24O/c1-2-14(15,13-10-11-13)12-8-6-4-3-5-7-9-12/h8,13,15H,2-7,9-11H2,1H3. The lowest BCUT2D eigenvalue weighted by atomic mass is 9.81. The molecule has 1 nitrogen and oxygen atoms in total. The highest BCUT2D eigenvalue weighted by Crippen LogP contribution is 2.47. The third-order valence-electron chi connectivity index (χ3n) is 4.14. The molecule has 0 aromatic heterocycles. The first-order valence-corrected chi connectivity index (χ1v) is 6.69. The van der Waals surface area contributed by atoms with Crippen molar-refractivity contribution >= 4 is 0 Å². The van der Waals surface area contributed by atoms with Crippen LogP contribution in [0, 0.1) is 5.92 Å². The van der Waals surface area contributed by atoms with Gasteiger partial charge in [-0.15, -0.1) is 0 Å². The molecule has 0 radical (unpaired) electrons. The van der Waals surface area contributed by atoms with Crippen LogP contribution in [-0.4, -0.2) is 10.7 Å². The van der Waals surface area contributed by atoms with Crippen LogP contribution >= 0.6 is 0 Å². The Labute approximate surface area is 93.6 Å². The molecule has 2 rings (SSSR count). The average Bonchev–Trinajstić information content (AvgIpc) is 2.99. The Morgan fingerprint density at radius 1 is 1.27 bits per heavy atom. The van der Waals surface area contributed by atoms with Gasteiger partial charge in [-0.1, -0.05) is 25.8 Å². The third-order valence-corrected chi connectivity index (χ3v) is 4.14. The van der Waals surface area contributed by atoms with Gasteiger partial charge in [0.1, 0.15) is 0 Å². The summed E-state index contributed by atoms with van der Waals surface area (Å²) in [5.74, 6) is 0.577. The van der Waals surface area contributed by atoms with Gasteiger partial charge < -0.3 is 5.11 Å².